The zero-order valence-corrected chi connectivity index (χ0v) is 29.6. The number of nitrogens with two attached hydrogens (primary N) is 1. The number of nitrogens with zero attached hydrogens (tertiary/aromatic N) is 2. The summed E-state index contributed by atoms with van der Waals surface area (Å²) in [6, 6.07) is 8.55. The predicted molar refractivity (Wildman–Crippen MR) is 193 cm³/mol. The number of nitro groups is 1. The van der Waals surface area contributed by atoms with Crippen LogP contribution in [0.2, 0.25) is 0 Å². The summed E-state index contributed by atoms with van der Waals surface area (Å²) in [6.45, 7) is 7.87. The number of anilines is 1. The number of hydrogen-bond donors (Lipinski definition) is 5. The minimum absolute atomic E-state index is 0.0672. The zero-order valence-electron chi connectivity index (χ0n) is 29.6. The van der Waals surface area contributed by atoms with Gasteiger partial charge in [-0.05, 0) is 67.5 Å². The Balaban J connectivity index is 1.52. The molecular weight excluding hydrogens is 690 g/mol. The van der Waals surface area contributed by atoms with Crippen LogP contribution in [0.15, 0.2) is 73.0 Å². The number of hydrogen-bond acceptors (Lipinski definition) is 10. The lowest BCUT2D eigenvalue weighted by atomic mass is 10.0. The standard InChI is InChI=1S/C36H45N7O10/c1-23(2)32(41-30(44)9-5-4-6-21-42-24(3)10-19-31(42)45)34(47)40-29(8-7-20-38-35(37)48)33(46)39-26-13-11-25(12-14-26)22-52-36(49)53-28-17-15-27(16-18-28)43(50)51/h10-19,23,29,32H,3-9,20-22H2,1-2H3,(H,39,46)(H,40,47)(H,41,44)(H3,37,38,48)/t29-,32-/m0/s1. The van der Waals surface area contributed by atoms with Crippen LogP contribution in [0, 0.1) is 16.0 Å². The molecule has 0 unspecified atom stereocenters. The largest absolute Gasteiger partial charge is 0.514 e. The third-order valence-electron chi connectivity index (χ3n) is 8.01. The molecule has 0 spiro atoms. The molecule has 1 heterocycles. The van der Waals surface area contributed by atoms with Gasteiger partial charge in [-0.2, -0.15) is 0 Å². The minimum Gasteiger partial charge on any atom is -0.429 e. The number of rotatable bonds is 20. The van der Waals surface area contributed by atoms with E-state index in [1.54, 1.807) is 49.1 Å². The Labute approximate surface area is 306 Å². The summed E-state index contributed by atoms with van der Waals surface area (Å²) in [4.78, 5) is 86.4. The highest BCUT2D eigenvalue weighted by Crippen LogP contribution is 2.19. The zero-order chi connectivity index (χ0) is 38.9. The van der Waals surface area contributed by atoms with E-state index in [0.717, 1.165) is 0 Å². The minimum atomic E-state index is -1.04. The van der Waals surface area contributed by atoms with Crippen molar-refractivity contribution < 1.29 is 43.2 Å². The summed E-state index contributed by atoms with van der Waals surface area (Å²) >= 11 is 0. The molecule has 2 aromatic rings. The Morgan fingerprint density at radius 2 is 1.62 bits per heavy atom. The van der Waals surface area contributed by atoms with Gasteiger partial charge < -0.3 is 41.4 Å². The maximum Gasteiger partial charge on any atom is 0.514 e. The summed E-state index contributed by atoms with van der Waals surface area (Å²) in [7, 11) is 0. The van der Waals surface area contributed by atoms with E-state index in [0.29, 0.717) is 49.2 Å². The number of allylic oxidation sites excluding steroid dienone is 1. The molecule has 284 valence electrons. The maximum atomic E-state index is 13.4. The van der Waals surface area contributed by atoms with Crippen LogP contribution in [0.4, 0.5) is 21.0 Å². The molecule has 0 saturated carbocycles. The van der Waals surface area contributed by atoms with Gasteiger partial charge in [0.05, 0.1) is 4.92 Å². The van der Waals surface area contributed by atoms with Crippen molar-refractivity contribution in [2.75, 3.05) is 18.4 Å². The van der Waals surface area contributed by atoms with Gasteiger partial charge in [0.15, 0.2) is 0 Å². The molecule has 17 heteroatoms. The number of ether oxygens (including phenoxy) is 2. The van der Waals surface area contributed by atoms with Gasteiger partial charge in [0.25, 0.3) is 11.6 Å². The molecule has 6 N–H and O–H groups in total. The Hall–Kier alpha value is -6.26. The average molecular weight is 736 g/mol. The van der Waals surface area contributed by atoms with Crippen LogP contribution in [0.1, 0.15) is 57.9 Å². The molecule has 1 aliphatic heterocycles. The second-order valence-electron chi connectivity index (χ2n) is 12.5. The van der Waals surface area contributed by atoms with Crippen LogP contribution < -0.4 is 31.7 Å². The van der Waals surface area contributed by atoms with Crippen LogP contribution in [0.25, 0.3) is 0 Å². The second-order valence-corrected chi connectivity index (χ2v) is 12.5. The van der Waals surface area contributed by atoms with Gasteiger partial charge in [0, 0.05) is 49.1 Å². The van der Waals surface area contributed by atoms with Crippen molar-refractivity contribution in [3.05, 3.63) is 88.6 Å². The van der Waals surface area contributed by atoms with Crippen molar-refractivity contribution in [2.24, 2.45) is 11.7 Å². The summed E-state index contributed by atoms with van der Waals surface area (Å²) < 4.78 is 10.1. The topological polar surface area (TPSA) is 241 Å². The number of nitrogens with one attached hydrogen (secondary N) is 4. The molecule has 0 fully saturated rings. The van der Waals surface area contributed by atoms with E-state index in [1.807, 2.05) is 0 Å². The molecule has 3 rings (SSSR count). The predicted octanol–water partition coefficient (Wildman–Crippen LogP) is 3.80. The fraction of sp³-hybridized carbons (Fsp3) is 0.389. The van der Waals surface area contributed by atoms with Gasteiger partial charge in [-0.3, -0.25) is 29.3 Å². The van der Waals surface area contributed by atoms with E-state index in [2.05, 4.69) is 27.8 Å². The third-order valence-corrected chi connectivity index (χ3v) is 8.01. The Bertz CT molecular complexity index is 1660. The van der Waals surface area contributed by atoms with Crippen LogP contribution in [-0.4, -0.2) is 70.8 Å². The molecule has 0 aromatic heterocycles. The first kappa shape index (κ1) is 41.2. The first-order valence-electron chi connectivity index (χ1n) is 17.0. The first-order chi connectivity index (χ1) is 25.2. The number of benzene rings is 2. The number of nitro benzene ring substituents is 1. The highest BCUT2D eigenvalue weighted by Gasteiger charge is 2.29. The van der Waals surface area contributed by atoms with Gasteiger partial charge in [-0.15, -0.1) is 0 Å². The van der Waals surface area contributed by atoms with Crippen molar-refractivity contribution >= 4 is 47.2 Å². The Morgan fingerprint density at radius 3 is 2.23 bits per heavy atom. The number of urea groups is 1. The van der Waals surface area contributed by atoms with Crippen molar-refractivity contribution in [2.45, 2.75) is 71.1 Å². The molecule has 0 aliphatic carbocycles. The number of carbonyl (C=O) groups is 6. The van der Waals surface area contributed by atoms with Crippen LogP contribution >= 0.6 is 0 Å². The smallest absolute Gasteiger partial charge is 0.429 e. The van der Waals surface area contributed by atoms with Gasteiger partial charge >= 0.3 is 12.2 Å². The fourth-order valence-electron chi connectivity index (χ4n) is 5.12. The monoisotopic (exact) mass is 735 g/mol. The van der Waals surface area contributed by atoms with E-state index < -0.39 is 41.0 Å². The molecule has 1 aliphatic rings. The van der Waals surface area contributed by atoms with Crippen molar-refractivity contribution in [3.63, 3.8) is 0 Å². The molecule has 53 heavy (non-hydrogen) atoms. The normalized spacial score (nSPS) is 13.2. The van der Waals surface area contributed by atoms with Gasteiger partial charge in [-0.25, -0.2) is 9.59 Å². The quantitative estimate of drug-likeness (QED) is 0.0433. The Morgan fingerprint density at radius 1 is 0.925 bits per heavy atom. The number of carbonyl (C=O) groups excluding carboxylic acids is 6. The first-order valence-corrected chi connectivity index (χ1v) is 17.0. The summed E-state index contributed by atoms with van der Waals surface area (Å²) in [5.41, 5.74) is 6.57. The van der Waals surface area contributed by atoms with Crippen molar-refractivity contribution in [1.82, 2.24) is 20.9 Å². The Kier molecular flexibility index (Phi) is 16.0. The summed E-state index contributed by atoms with van der Waals surface area (Å²) in [6.07, 6.45) is 4.65. The van der Waals surface area contributed by atoms with Crippen LogP contribution in [-0.2, 0) is 30.5 Å². The van der Waals surface area contributed by atoms with Crippen LogP contribution in [0.3, 0.4) is 0 Å². The molecular formula is C36H45N7O10. The van der Waals surface area contributed by atoms with E-state index >= 15 is 0 Å². The second kappa shape index (κ2) is 20.6. The highest BCUT2D eigenvalue weighted by molar-refractivity contribution is 5.98. The average Bonchev–Trinajstić information content (AvgIpc) is 3.43. The summed E-state index contributed by atoms with van der Waals surface area (Å²) in [5, 5.41) is 21.5. The van der Waals surface area contributed by atoms with E-state index in [1.165, 1.54) is 30.3 Å². The van der Waals surface area contributed by atoms with E-state index in [4.69, 9.17) is 15.2 Å². The fourth-order valence-corrected chi connectivity index (χ4v) is 5.12. The van der Waals surface area contributed by atoms with E-state index in [9.17, 15) is 38.9 Å². The number of primary amides is 1. The van der Waals surface area contributed by atoms with E-state index in [-0.39, 0.29) is 55.2 Å². The molecule has 0 radical (unpaired) electrons. The van der Waals surface area contributed by atoms with Crippen molar-refractivity contribution in [3.8, 4) is 5.75 Å². The van der Waals surface area contributed by atoms with Gasteiger partial charge in [-0.1, -0.05) is 39.0 Å². The highest BCUT2D eigenvalue weighted by atomic mass is 16.7. The lowest BCUT2D eigenvalue weighted by Gasteiger charge is -2.25. The van der Waals surface area contributed by atoms with Crippen molar-refractivity contribution in [1.29, 1.82) is 0 Å². The molecule has 2 atom stereocenters. The molecule has 17 nitrogen and oxygen atoms in total. The molecule has 2 aromatic carbocycles. The lowest BCUT2D eigenvalue weighted by Crippen LogP contribution is -2.54. The number of non-ortho nitro benzene ring substituents is 1. The van der Waals surface area contributed by atoms with Gasteiger partial charge in [0.2, 0.25) is 17.7 Å². The number of amides is 6. The van der Waals surface area contributed by atoms with Gasteiger partial charge in [0.1, 0.15) is 24.4 Å². The molecule has 0 saturated heterocycles. The molecule has 6 amide bonds. The lowest BCUT2D eigenvalue weighted by molar-refractivity contribution is -0.384. The maximum absolute atomic E-state index is 13.4. The summed E-state index contributed by atoms with van der Waals surface area (Å²) in [5.74, 6) is -1.77. The third kappa shape index (κ3) is 14.1. The molecule has 0 bridgehead atoms. The van der Waals surface area contributed by atoms with Crippen LogP contribution in [0.5, 0.6) is 5.75 Å². The SMILES string of the molecule is C=C1C=CC(=O)N1CCCCCC(=O)N[C@H](C(=O)N[C@@H](CCCNC(N)=O)C(=O)Nc1ccc(COC(=O)Oc2ccc([N+](=O)[O-])cc2)cc1)C(C)C. The number of unbranched alkanes of at least 4 members (excludes halogenated alkanes) is 2.